The molecule has 0 aliphatic rings. The van der Waals surface area contributed by atoms with Gasteiger partial charge in [-0.1, -0.05) is 26.2 Å². The van der Waals surface area contributed by atoms with E-state index in [0.29, 0.717) is 6.54 Å². The molecule has 152 valence electrons. The van der Waals surface area contributed by atoms with Gasteiger partial charge in [-0.2, -0.15) is 26.3 Å². The number of aryl methyl sites for hydroxylation is 1. The van der Waals surface area contributed by atoms with Gasteiger partial charge in [0.15, 0.2) is 0 Å². The minimum Gasteiger partial charge on any atom is -1.00 e. The van der Waals surface area contributed by atoms with Gasteiger partial charge >= 0.3 is 12.4 Å². The zero-order chi connectivity index (χ0) is 19.4. The minimum atomic E-state index is -4.85. The smallest absolute Gasteiger partial charge is 0.416 e. The van der Waals surface area contributed by atoms with Crippen LogP contribution in [0.1, 0.15) is 50.2 Å². The lowest BCUT2D eigenvalue weighted by Gasteiger charge is -2.12. The molecule has 0 aliphatic carbocycles. The lowest BCUT2D eigenvalue weighted by molar-refractivity contribution is -0.696. The molecule has 0 unspecified atom stereocenters. The predicted molar refractivity (Wildman–Crippen MR) is 84.7 cm³/mol. The van der Waals surface area contributed by atoms with Gasteiger partial charge in [0.05, 0.1) is 17.7 Å². The number of imidazole rings is 1. The number of benzene rings is 1. The van der Waals surface area contributed by atoms with Crippen LogP contribution in [0.5, 0.6) is 0 Å². The fourth-order valence-corrected chi connectivity index (χ4v) is 2.66. The summed E-state index contributed by atoms with van der Waals surface area (Å²) in [7, 11) is 0. The first kappa shape index (κ1) is 23.5. The highest BCUT2D eigenvalue weighted by Crippen LogP contribution is 2.37. The monoisotopic (exact) mass is 458 g/mol. The number of halogens is 7. The third kappa shape index (κ3) is 6.86. The quantitative estimate of drug-likeness (QED) is 0.342. The van der Waals surface area contributed by atoms with Crippen LogP contribution >= 0.6 is 0 Å². The van der Waals surface area contributed by atoms with Gasteiger partial charge < -0.3 is 17.0 Å². The van der Waals surface area contributed by atoms with E-state index >= 15 is 0 Å². The highest BCUT2D eigenvalue weighted by atomic mass is 79.9. The zero-order valence-electron chi connectivity index (χ0n) is 14.7. The van der Waals surface area contributed by atoms with Gasteiger partial charge in [-0.15, -0.1) is 0 Å². The molecular weight excluding hydrogens is 438 g/mol. The number of unbranched alkanes of at least 4 members (excludes halogenated alkanes) is 4. The molecule has 2 aromatic rings. The Kier molecular flexibility index (Phi) is 8.38. The molecule has 9 heteroatoms. The molecule has 2 rings (SSSR count). The zero-order valence-corrected chi connectivity index (χ0v) is 16.3. The Morgan fingerprint density at radius 3 is 1.93 bits per heavy atom. The fraction of sp³-hybridized carbons (Fsp3) is 0.500. The van der Waals surface area contributed by atoms with E-state index in [1.54, 1.807) is 10.8 Å². The SMILES string of the molecule is CCCCCCC[n+]1ccn(-c2cc(C(F)(F)F)cc(C(F)(F)F)c2)c1.[Br-]. The van der Waals surface area contributed by atoms with Crippen LogP contribution in [0.2, 0.25) is 0 Å². The van der Waals surface area contributed by atoms with Crippen LogP contribution in [-0.2, 0) is 18.9 Å². The highest BCUT2D eigenvalue weighted by molar-refractivity contribution is 5.42. The Bertz CT molecular complexity index is 689. The van der Waals surface area contributed by atoms with E-state index in [1.165, 1.54) is 17.1 Å². The van der Waals surface area contributed by atoms with Crippen molar-refractivity contribution in [2.24, 2.45) is 0 Å². The summed E-state index contributed by atoms with van der Waals surface area (Å²) in [6, 6.07) is 1.58. The van der Waals surface area contributed by atoms with Gasteiger partial charge in [0.25, 0.3) is 0 Å². The topological polar surface area (TPSA) is 8.81 Å². The van der Waals surface area contributed by atoms with Crippen LogP contribution in [-0.4, -0.2) is 4.57 Å². The maximum Gasteiger partial charge on any atom is 0.416 e. The summed E-state index contributed by atoms with van der Waals surface area (Å²) in [6.45, 7) is 2.78. The van der Waals surface area contributed by atoms with Crippen molar-refractivity contribution < 1.29 is 47.9 Å². The Hall–Kier alpha value is -1.51. The largest absolute Gasteiger partial charge is 1.00 e. The van der Waals surface area contributed by atoms with Crippen molar-refractivity contribution in [2.45, 2.75) is 57.9 Å². The van der Waals surface area contributed by atoms with E-state index < -0.39 is 23.5 Å². The van der Waals surface area contributed by atoms with Crippen LogP contribution in [0.4, 0.5) is 26.3 Å². The molecule has 0 amide bonds. The van der Waals surface area contributed by atoms with Crippen molar-refractivity contribution >= 4 is 0 Å². The number of rotatable bonds is 7. The molecule has 0 spiro atoms. The summed E-state index contributed by atoms with van der Waals surface area (Å²) in [5, 5.41) is 0. The molecule has 2 nitrogen and oxygen atoms in total. The van der Waals surface area contributed by atoms with Crippen molar-refractivity contribution in [3.8, 4) is 5.69 Å². The van der Waals surface area contributed by atoms with Crippen LogP contribution in [0.15, 0.2) is 36.9 Å². The van der Waals surface area contributed by atoms with Crippen LogP contribution in [0.25, 0.3) is 5.69 Å². The molecule has 0 saturated carbocycles. The molecule has 1 heterocycles. The van der Waals surface area contributed by atoms with Crippen molar-refractivity contribution in [3.05, 3.63) is 48.0 Å². The lowest BCUT2D eigenvalue weighted by atomic mass is 10.1. The van der Waals surface area contributed by atoms with E-state index in [-0.39, 0.29) is 28.7 Å². The molecule has 0 bridgehead atoms. The molecule has 0 radical (unpaired) electrons. The molecule has 0 N–H and O–H groups in total. The van der Waals surface area contributed by atoms with Gasteiger partial charge in [0, 0.05) is 0 Å². The summed E-state index contributed by atoms with van der Waals surface area (Å²) >= 11 is 0. The average molecular weight is 459 g/mol. The summed E-state index contributed by atoms with van der Waals surface area (Å²) in [5.41, 5.74) is -2.80. The first-order chi connectivity index (χ1) is 12.1. The number of hydrogen-bond donors (Lipinski definition) is 0. The molecule has 0 aliphatic heterocycles. The second kappa shape index (κ2) is 9.61. The molecule has 0 fully saturated rings. The Labute approximate surface area is 164 Å². The summed E-state index contributed by atoms with van der Waals surface area (Å²) in [6.07, 6.45) is 0.247. The molecule has 0 saturated heterocycles. The molecule has 0 atom stereocenters. The first-order valence-corrected chi connectivity index (χ1v) is 8.48. The van der Waals surface area contributed by atoms with E-state index in [9.17, 15) is 26.3 Å². The summed E-state index contributed by atoms with van der Waals surface area (Å²) < 4.78 is 80.7. The first-order valence-electron chi connectivity index (χ1n) is 8.48. The van der Waals surface area contributed by atoms with Crippen molar-refractivity contribution in [2.75, 3.05) is 0 Å². The van der Waals surface area contributed by atoms with E-state index in [1.807, 2.05) is 0 Å². The Morgan fingerprint density at radius 1 is 0.852 bits per heavy atom. The lowest BCUT2D eigenvalue weighted by Crippen LogP contribution is -3.00. The summed E-state index contributed by atoms with van der Waals surface area (Å²) in [5.74, 6) is 0. The normalized spacial score (nSPS) is 12.1. The van der Waals surface area contributed by atoms with Gasteiger partial charge in [-0.05, 0) is 31.0 Å². The van der Waals surface area contributed by atoms with Gasteiger partial charge in [0.1, 0.15) is 18.1 Å². The van der Waals surface area contributed by atoms with Crippen molar-refractivity contribution in [1.82, 2.24) is 4.57 Å². The molecule has 1 aromatic heterocycles. The highest BCUT2D eigenvalue weighted by Gasteiger charge is 2.37. The molecule has 27 heavy (non-hydrogen) atoms. The minimum absolute atomic E-state index is 0. The number of nitrogens with zero attached hydrogens (tertiary/aromatic N) is 2. The van der Waals surface area contributed by atoms with E-state index in [2.05, 4.69) is 6.92 Å². The maximum absolute atomic E-state index is 12.9. The third-order valence-corrected chi connectivity index (χ3v) is 4.08. The second-order valence-corrected chi connectivity index (χ2v) is 6.24. The van der Waals surface area contributed by atoms with Gasteiger partial charge in [-0.3, -0.25) is 0 Å². The van der Waals surface area contributed by atoms with E-state index in [4.69, 9.17) is 0 Å². The third-order valence-electron chi connectivity index (χ3n) is 4.08. The second-order valence-electron chi connectivity index (χ2n) is 6.24. The van der Waals surface area contributed by atoms with Crippen molar-refractivity contribution in [1.29, 1.82) is 0 Å². The van der Waals surface area contributed by atoms with E-state index in [0.717, 1.165) is 44.2 Å². The predicted octanol–water partition coefficient (Wildman–Crippen LogP) is 2.78. The van der Waals surface area contributed by atoms with Crippen LogP contribution < -0.4 is 21.5 Å². The standard InChI is InChI=1S/C18H21F6N2.BrH/c1-2-3-4-5-6-7-25-8-9-26(13-25)16-11-14(17(19,20)21)10-15(12-16)18(22,23)24;/h8-13H,2-7H2,1H3;1H/q+1;/p-1. The summed E-state index contributed by atoms with van der Waals surface area (Å²) in [4.78, 5) is 0. The van der Waals surface area contributed by atoms with Gasteiger partial charge in [0.2, 0.25) is 6.33 Å². The molecule has 1 aromatic carbocycles. The van der Waals surface area contributed by atoms with Crippen LogP contribution in [0, 0.1) is 0 Å². The number of alkyl halides is 6. The van der Waals surface area contributed by atoms with Crippen molar-refractivity contribution in [3.63, 3.8) is 0 Å². The maximum atomic E-state index is 12.9. The molecular formula is C18H21BrF6N2. The van der Waals surface area contributed by atoms with Crippen LogP contribution in [0.3, 0.4) is 0 Å². The number of hydrogen-bond acceptors (Lipinski definition) is 0. The van der Waals surface area contributed by atoms with Gasteiger partial charge in [-0.25, -0.2) is 9.13 Å². The number of aromatic nitrogens is 2. The Morgan fingerprint density at radius 2 is 1.41 bits per heavy atom. The average Bonchev–Trinajstić information content (AvgIpc) is 3.01. The Balaban J connectivity index is 0.00000364. The fourth-order valence-electron chi connectivity index (χ4n) is 2.66.